The first-order valence-electron chi connectivity index (χ1n) is 16.0. The molecule has 2 aromatic rings. The molecule has 2 unspecified atom stereocenters. The molecular formula is C34H56FN3O6SSi2. The van der Waals surface area contributed by atoms with Gasteiger partial charge in [0.15, 0.2) is 16.6 Å². The number of carboxylic acid groups (broad SMARTS) is 1. The van der Waals surface area contributed by atoms with Crippen LogP contribution in [0.4, 0.5) is 10.3 Å². The molecule has 0 radical (unpaired) electrons. The highest BCUT2D eigenvalue weighted by Gasteiger charge is 2.42. The van der Waals surface area contributed by atoms with Crippen LogP contribution in [0.2, 0.25) is 36.3 Å². The highest BCUT2D eigenvalue weighted by atomic mass is 32.2. The summed E-state index contributed by atoms with van der Waals surface area (Å²) in [5, 5.41) is 9.63. The number of hydrogen-bond donors (Lipinski definition) is 1. The Labute approximate surface area is 284 Å². The predicted octanol–water partition coefficient (Wildman–Crippen LogP) is 8.46. The van der Waals surface area contributed by atoms with Crippen LogP contribution in [-0.4, -0.2) is 71.6 Å². The van der Waals surface area contributed by atoms with Crippen molar-refractivity contribution >= 4 is 44.7 Å². The number of aliphatic carboxylic acids is 1. The summed E-state index contributed by atoms with van der Waals surface area (Å²) in [6, 6.07) is 5.86. The highest BCUT2D eigenvalue weighted by molar-refractivity contribution is 7.92. The molecule has 1 aromatic heterocycles. The standard InChI is InChI=1S/C34H56FN3O6SSi2/c1-23(2)30-28(31(24-15-17-25(35)18-16-24)37-32(36-30)38(9)45(10,41)42)20-19-26(43-46(11,12)33(3,4)5)21-27(22-29(39)40)44-47(13,14)34(6,7)8/h15-20,23,26-27H,21-22H2,1-14H3,(H,39,40)/b20-19+. The van der Waals surface area contributed by atoms with Gasteiger partial charge in [-0.2, -0.15) is 0 Å². The van der Waals surface area contributed by atoms with Crippen LogP contribution < -0.4 is 4.31 Å². The van der Waals surface area contributed by atoms with E-state index in [1.165, 1.54) is 19.2 Å². The van der Waals surface area contributed by atoms with Gasteiger partial charge in [0.1, 0.15) is 5.82 Å². The average Bonchev–Trinajstić information content (AvgIpc) is 2.88. The molecule has 0 saturated carbocycles. The van der Waals surface area contributed by atoms with Crippen molar-refractivity contribution in [3.8, 4) is 11.3 Å². The van der Waals surface area contributed by atoms with Crippen LogP contribution in [0, 0.1) is 5.82 Å². The quantitative estimate of drug-likeness (QED) is 0.194. The zero-order valence-electron chi connectivity index (χ0n) is 30.7. The lowest BCUT2D eigenvalue weighted by molar-refractivity contribution is -0.139. The number of sulfonamides is 1. The van der Waals surface area contributed by atoms with Gasteiger partial charge in [-0.25, -0.2) is 27.1 Å². The molecule has 0 fully saturated rings. The number of hydrogen-bond acceptors (Lipinski definition) is 7. The molecule has 47 heavy (non-hydrogen) atoms. The van der Waals surface area contributed by atoms with Crippen molar-refractivity contribution in [3.63, 3.8) is 0 Å². The second kappa shape index (κ2) is 15.0. The number of anilines is 1. The maximum atomic E-state index is 14.0. The molecule has 2 rings (SSSR count). The summed E-state index contributed by atoms with van der Waals surface area (Å²) < 4.78 is 53.6. The van der Waals surface area contributed by atoms with Crippen LogP contribution in [0.15, 0.2) is 30.3 Å². The summed E-state index contributed by atoms with van der Waals surface area (Å²) in [7, 11) is -6.97. The van der Waals surface area contributed by atoms with Crippen molar-refractivity contribution in [1.82, 2.24) is 9.97 Å². The van der Waals surface area contributed by atoms with E-state index in [9.17, 15) is 22.7 Å². The van der Waals surface area contributed by atoms with E-state index in [-0.39, 0.29) is 28.4 Å². The first-order chi connectivity index (χ1) is 21.2. The van der Waals surface area contributed by atoms with E-state index in [0.29, 0.717) is 28.9 Å². The number of carbonyl (C=O) groups is 1. The van der Waals surface area contributed by atoms with Crippen LogP contribution in [-0.2, 0) is 23.7 Å². The number of aromatic nitrogens is 2. The molecule has 1 aromatic carbocycles. The first-order valence-corrected chi connectivity index (χ1v) is 23.7. The fourth-order valence-corrected chi connectivity index (χ4v) is 7.37. The lowest BCUT2D eigenvalue weighted by Gasteiger charge is -2.42. The minimum Gasteiger partial charge on any atom is -0.481 e. The molecular weight excluding hydrogens is 654 g/mol. The van der Waals surface area contributed by atoms with Crippen molar-refractivity contribution in [2.75, 3.05) is 17.6 Å². The number of rotatable bonds is 14. The summed E-state index contributed by atoms with van der Waals surface area (Å²) in [5.74, 6) is -1.48. The highest BCUT2D eigenvalue weighted by Crippen LogP contribution is 2.41. The molecule has 0 aliphatic rings. The normalized spacial score (nSPS) is 14.9. The van der Waals surface area contributed by atoms with Crippen molar-refractivity contribution in [1.29, 1.82) is 0 Å². The van der Waals surface area contributed by atoms with Gasteiger partial charge >= 0.3 is 5.97 Å². The zero-order chi connectivity index (χ0) is 36.3. The van der Waals surface area contributed by atoms with Gasteiger partial charge in [0, 0.05) is 24.6 Å². The fraction of sp³-hybridized carbons (Fsp3) is 0.618. The van der Waals surface area contributed by atoms with E-state index >= 15 is 0 Å². The molecule has 13 heteroatoms. The molecule has 0 spiro atoms. The zero-order valence-corrected chi connectivity index (χ0v) is 33.5. The summed E-state index contributed by atoms with van der Waals surface area (Å²) >= 11 is 0. The van der Waals surface area contributed by atoms with E-state index in [0.717, 1.165) is 10.6 Å². The summed E-state index contributed by atoms with van der Waals surface area (Å²) in [6.45, 7) is 25.2. The Morgan fingerprint density at radius 3 is 1.94 bits per heavy atom. The Balaban J connectivity index is 2.83. The third-order valence-electron chi connectivity index (χ3n) is 9.30. The number of halogens is 1. The van der Waals surface area contributed by atoms with Crippen LogP contribution in [0.1, 0.15) is 85.4 Å². The third-order valence-corrected chi connectivity index (χ3v) is 19.5. The van der Waals surface area contributed by atoms with E-state index in [1.54, 1.807) is 12.1 Å². The summed E-state index contributed by atoms with van der Waals surface area (Å²) in [5.41, 5.74) is 2.27. The lowest BCUT2D eigenvalue weighted by Crippen LogP contribution is -2.47. The van der Waals surface area contributed by atoms with E-state index < -0.39 is 50.7 Å². The molecule has 264 valence electrons. The van der Waals surface area contributed by atoms with Crippen molar-refractivity contribution < 1.29 is 31.6 Å². The van der Waals surface area contributed by atoms with Crippen molar-refractivity contribution in [3.05, 3.63) is 47.4 Å². The molecule has 0 bridgehead atoms. The summed E-state index contributed by atoms with van der Waals surface area (Å²) in [6.07, 6.45) is 3.94. The van der Waals surface area contributed by atoms with Gasteiger partial charge in [0.2, 0.25) is 16.0 Å². The molecule has 0 aliphatic heterocycles. The van der Waals surface area contributed by atoms with Crippen LogP contribution >= 0.6 is 0 Å². The largest absolute Gasteiger partial charge is 0.481 e. The van der Waals surface area contributed by atoms with Gasteiger partial charge in [-0.3, -0.25) is 4.79 Å². The Bertz CT molecular complexity index is 1530. The number of carboxylic acids is 1. The minimum atomic E-state index is -3.67. The maximum Gasteiger partial charge on any atom is 0.305 e. The Hall–Kier alpha value is -2.46. The van der Waals surface area contributed by atoms with Gasteiger partial charge in [-0.1, -0.05) is 67.5 Å². The van der Waals surface area contributed by atoms with Gasteiger partial charge in [0.05, 0.1) is 36.3 Å². The average molecular weight is 710 g/mol. The van der Waals surface area contributed by atoms with Gasteiger partial charge in [0.25, 0.3) is 0 Å². The van der Waals surface area contributed by atoms with Gasteiger partial charge in [-0.15, -0.1) is 0 Å². The van der Waals surface area contributed by atoms with Crippen LogP contribution in [0.25, 0.3) is 17.3 Å². The molecule has 0 saturated heterocycles. The molecule has 1 N–H and O–H groups in total. The monoisotopic (exact) mass is 709 g/mol. The molecule has 2 atom stereocenters. The lowest BCUT2D eigenvalue weighted by atomic mass is 9.97. The van der Waals surface area contributed by atoms with Gasteiger partial charge in [-0.05, 0) is 66.4 Å². The topological polar surface area (TPSA) is 119 Å². The molecule has 0 amide bonds. The Morgan fingerprint density at radius 2 is 1.49 bits per heavy atom. The molecule has 1 heterocycles. The van der Waals surface area contributed by atoms with E-state index in [2.05, 4.69) is 72.7 Å². The summed E-state index contributed by atoms with van der Waals surface area (Å²) in [4.78, 5) is 21.4. The predicted molar refractivity (Wildman–Crippen MR) is 195 cm³/mol. The Morgan fingerprint density at radius 1 is 0.979 bits per heavy atom. The van der Waals surface area contributed by atoms with E-state index in [1.807, 2.05) is 26.0 Å². The second-order valence-electron chi connectivity index (χ2n) is 15.7. The fourth-order valence-electron chi connectivity index (χ4n) is 4.34. The molecule has 9 nitrogen and oxygen atoms in total. The molecule has 0 aliphatic carbocycles. The van der Waals surface area contributed by atoms with Crippen LogP contribution in [0.5, 0.6) is 0 Å². The van der Waals surface area contributed by atoms with Crippen molar-refractivity contribution in [2.24, 2.45) is 0 Å². The smallest absolute Gasteiger partial charge is 0.305 e. The van der Waals surface area contributed by atoms with E-state index in [4.69, 9.17) is 13.8 Å². The Kier molecular flexibility index (Phi) is 13.0. The van der Waals surface area contributed by atoms with Gasteiger partial charge < -0.3 is 14.0 Å². The number of benzene rings is 1. The van der Waals surface area contributed by atoms with Crippen molar-refractivity contribution in [2.45, 2.75) is 123 Å². The number of nitrogens with zero attached hydrogens (tertiary/aromatic N) is 3. The third kappa shape index (κ3) is 11.0. The van der Waals surface area contributed by atoms with Crippen LogP contribution in [0.3, 0.4) is 0 Å². The second-order valence-corrected chi connectivity index (χ2v) is 27.2. The maximum absolute atomic E-state index is 14.0. The SMILES string of the molecule is CC(C)c1nc(N(C)S(C)(=O)=O)nc(-c2ccc(F)cc2)c1/C=C/C(CC(CC(=O)O)O[Si](C)(C)C(C)(C)C)O[Si](C)(C)C(C)(C)C. The minimum absolute atomic E-state index is 0.00559. The first kappa shape index (κ1) is 40.7.